The number of carbonyl (C=O) groups excluding carboxylic acids is 1. The number of pyridine rings is 1. The number of aryl methyl sites for hydroxylation is 2. The lowest BCUT2D eigenvalue weighted by molar-refractivity contribution is 0.0940. The molecular formula is C15H18FN3O2. The lowest BCUT2D eigenvalue weighted by atomic mass is 10.1. The van der Waals surface area contributed by atoms with Gasteiger partial charge in [-0.1, -0.05) is 0 Å². The van der Waals surface area contributed by atoms with Gasteiger partial charge in [0, 0.05) is 12.6 Å². The highest BCUT2D eigenvalue weighted by Crippen LogP contribution is 2.22. The fourth-order valence-corrected chi connectivity index (χ4v) is 2.24. The summed E-state index contributed by atoms with van der Waals surface area (Å²) in [7, 11) is 1.63. The standard InChI is InChI=1S/C15H18FN3O2/c1-8-5-12(10(3)21-8)9(2)19-15(20)13-6-11(16)7-18-14(13)17-4/h5-7,9H,1-4H3,(H,17,18)(H,19,20). The number of anilines is 1. The molecule has 0 spiro atoms. The first kappa shape index (κ1) is 15.0. The Kier molecular flexibility index (Phi) is 4.26. The van der Waals surface area contributed by atoms with E-state index in [1.165, 1.54) is 0 Å². The quantitative estimate of drug-likeness (QED) is 0.909. The molecule has 6 heteroatoms. The Balaban J connectivity index is 2.22. The van der Waals surface area contributed by atoms with Crippen molar-refractivity contribution >= 4 is 11.7 Å². The maximum atomic E-state index is 13.3. The maximum Gasteiger partial charge on any atom is 0.255 e. The van der Waals surface area contributed by atoms with Crippen molar-refractivity contribution in [2.45, 2.75) is 26.8 Å². The average Bonchev–Trinajstić information content (AvgIpc) is 2.77. The van der Waals surface area contributed by atoms with Gasteiger partial charge in [-0.25, -0.2) is 9.37 Å². The van der Waals surface area contributed by atoms with Crippen LogP contribution in [0.25, 0.3) is 0 Å². The van der Waals surface area contributed by atoms with Gasteiger partial charge in [-0.3, -0.25) is 4.79 Å². The molecule has 1 unspecified atom stereocenters. The highest BCUT2D eigenvalue weighted by molar-refractivity contribution is 5.98. The smallest absolute Gasteiger partial charge is 0.255 e. The van der Waals surface area contributed by atoms with E-state index in [2.05, 4.69) is 15.6 Å². The van der Waals surface area contributed by atoms with Crippen LogP contribution in [0.1, 0.15) is 40.4 Å². The van der Waals surface area contributed by atoms with Crippen molar-refractivity contribution in [1.29, 1.82) is 0 Å². The minimum absolute atomic E-state index is 0.169. The summed E-state index contributed by atoms with van der Waals surface area (Å²) in [4.78, 5) is 16.1. The molecule has 0 aliphatic carbocycles. The zero-order chi connectivity index (χ0) is 15.6. The number of nitrogens with zero attached hydrogens (tertiary/aromatic N) is 1. The zero-order valence-corrected chi connectivity index (χ0v) is 12.5. The van der Waals surface area contributed by atoms with Gasteiger partial charge in [-0.15, -0.1) is 0 Å². The number of nitrogens with one attached hydrogen (secondary N) is 2. The van der Waals surface area contributed by atoms with Crippen LogP contribution in [0.5, 0.6) is 0 Å². The summed E-state index contributed by atoms with van der Waals surface area (Å²) in [5.41, 5.74) is 1.07. The first-order valence-corrected chi connectivity index (χ1v) is 6.63. The van der Waals surface area contributed by atoms with E-state index < -0.39 is 11.7 Å². The third-order valence-corrected chi connectivity index (χ3v) is 3.23. The van der Waals surface area contributed by atoms with Crippen molar-refractivity contribution in [2.75, 3.05) is 12.4 Å². The summed E-state index contributed by atoms with van der Waals surface area (Å²) in [6.45, 7) is 5.54. The van der Waals surface area contributed by atoms with Crippen LogP contribution in [0.4, 0.5) is 10.2 Å². The van der Waals surface area contributed by atoms with E-state index in [-0.39, 0.29) is 11.6 Å². The molecule has 2 N–H and O–H groups in total. The Morgan fingerprint density at radius 3 is 2.67 bits per heavy atom. The molecule has 2 aromatic rings. The highest BCUT2D eigenvalue weighted by atomic mass is 19.1. The fourth-order valence-electron chi connectivity index (χ4n) is 2.24. The van der Waals surface area contributed by atoms with Crippen LogP contribution < -0.4 is 10.6 Å². The minimum atomic E-state index is -0.554. The topological polar surface area (TPSA) is 67.2 Å². The van der Waals surface area contributed by atoms with E-state index in [1.807, 2.05) is 26.8 Å². The van der Waals surface area contributed by atoms with Crippen LogP contribution in [0.2, 0.25) is 0 Å². The summed E-state index contributed by atoms with van der Waals surface area (Å²) in [5.74, 6) is 0.930. The highest BCUT2D eigenvalue weighted by Gasteiger charge is 2.19. The summed E-state index contributed by atoms with van der Waals surface area (Å²) in [6, 6.07) is 2.79. The largest absolute Gasteiger partial charge is 0.466 e. The van der Waals surface area contributed by atoms with Crippen molar-refractivity contribution in [2.24, 2.45) is 0 Å². The molecule has 0 saturated heterocycles. The monoisotopic (exact) mass is 291 g/mol. The van der Waals surface area contributed by atoms with E-state index in [0.717, 1.165) is 29.3 Å². The van der Waals surface area contributed by atoms with Crippen molar-refractivity contribution in [1.82, 2.24) is 10.3 Å². The number of hydrogen-bond acceptors (Lipinski definition) is 4. The molecule has 2 rings (SSSR count). The molecule has 0 bridgehead atoms. The summed E-state index contributed by atoms with van der Waals surface area (Å²) in [5, 5.41) is 5.60. The predicted octanol–water partition coefficient (Wildman–Crippen LogP) is 2.96. The molecular weight excluding hydrogens is 273 g/mol. The lowest BCUT2D eigenvalue weighted by Crippen LogP contribution is -2.27. The van der Waals surface area contributed by atoms with Crippen LogP contribution in [-0.2, 0) is 0 Å². The van der Waals surface area contributed by atoms with Crippen LogP contribution in [0.3, 0.4) is 0 Å². The Bertz CT molecular complexity index is 667. The predicted molar refractivity (Wildman–Crippen MR) is 77.8 cm³/mol. The number of amides is 1. The number of furan rings is 1. The molecule has 0 aliphatic rings. The third kappa shape index (κ3) is 3.21. The second-order valence-corrected chi connectivity index (χ2v) is 4.86. The molecule has 0 aliphatic heterocycles. The first-order valence-electron chi connectivity index (χ1n) is 6.63. The van der Waals surface area contributed by atoms with E-state index in [1.54, 1.807) is 7.05 Å². The third-order valence-electron chi connectivity index (χ3n) is 3.23. The molecule has 2 heterocycles. The normalized spacial score (nSPS) is 12.0. The zero-order valence-electron chi connectivity index (χ0n) is 12.5. The van der Waals surface area contributed by atoms with Crippen molar-refractivity contribution < 1.29 is 13.6 Å². The molecule has 2 aromatic heterocycles. The Labute approximate surface area is 122 Å². The molecule has 21 heavy (non-hydrogen) atoms. The number of aromatic nitrogens is 1. The minimum Gasteiger partial charge on any atom is -0.466 e. The van der Waals surface area contributed by atoms with Gasteiger partial charge in [0.15, 0.2) is 0 Å². The number of rotatable bonds is 4. The van der Waals surface area contributed by atoms with Gasteiger partial charge in [0.2, 0.25) is 0 Å². The van der Waals surface area contributed by atoms with Gasteiger partial charge in [0.25, 0.3) is 5.91 Å². The molecule has 1 atom stereocenters. The van der Waals surface area contributed by atoms with Crippen LogP contribution in [-0.4, -0.2) is 17.9 Å². The van der Waals surface area contributed by atoms with Gasteiger partial charge >= 0.3 is 0 Å². The molecule has 112 valence electrons. The van der Waals surface area contributed by atoms with Gasteiger partial charge < -0.3 is 15.1 Å². The molecule has 0 radical (unpaired) electrons. The van der Waals surface area contributed by atoms with Crippen molar-refractivity contribution in [3.05, 3.63) is 46.8 Å². The van der Waals surface area contributed by atoms with Crippen molar-refractivity contribution in [3.63, 3.8) is 0 Å². The number of hydrogen-bond donors (Lipinski definition) is 2. The van der Waals surface area contributed by atoms with E-state index in [9.17, 15) is 9.18 Å². The lowest BCUT2D eigenvalue weighted by Gasteiger charge is -2.14. The van der Waals surface area contributed by atoms with Gasteiger partial charge in [-0.05, 0) is 32.9 Å². The SMILES string of the molecule is CNc1ncc(F)cc1C(=O)NC(C)c1cc(C)oc1C. The summed E-state index contributed by atoms with van der Waals surface area (Å²) >= 11 is 0. The van der Waals surface area contributed by atoms with E-state index in [4.69, 9.17) is 4.42 Å². The Hall–Kier alpha value is -2.37. The van der Waals surface area contributed by atoms with E-state index >= 15 is 0 Å². The first-order chi connectivity index (χ1) is 9.92. The van der Waals surface area contributed by atoms with Gasteiger partial charge in [0.05, 0.1) is 17.8 Å². The second kappa shape index (κ2) is 5.95. The number of carbonyl (C=O) groups is 1. The van der Waals surface area contributed by atoms with Gasteiger partial charge in [0.1, 0.15) is 23.2 Å². The molecule has 0 aromatic carbocycles. The van der Waals surface area contributed by atoms with Crippen molar-refractivity contribution in [3.8, 4) is 0 Å². The van der Waals surface area contributed by atoms with Crippen LogP contribution >= 0.6 is 0 Å². The molecule has 5 nitrogen and oxygen atoms in total. The maximum absolute atomic E-state index is 13.3. The molecule has 1 amide bonds. The Morgan fingerprint density at radius 2 is 2.10 bits per heavy atom. The van der Waals surface area contributed by atoms with E-state index in [0.29, 0.717) is 5.82 Å². The average molecular weight is 291 g/mol. The molecule has 0 saturated carbocycles. The summed E-state index contributed by atoms with van der Waals surface area (Å²) < 4.78 is 18.7. The second-order valence-electron chi connectivity index (χ2n) is 4.86. The Morgan fingerprint density at radius 1 is 1.38 bits per heavy atom. The summed E-state index contributed by atoms with van der Waals surface area (Å²) in [6.07, 6.45) is 1.07. The number of halogens is 1. The molecule has 0 fully saturated rings. The van der Waals surface area contributed by atoms with Gasteiger partial charge in [-0.2, -0.15) is 0 Å². The van der Waals surface area contributed by atoms with Crippen LogP contribution in [0, 0.1) is 19.7 Å². The van der Waals surface area contributed by atoms with Crippen LogP contribution in [0.15, 0.2) is 22.7 Å². The fraction of sp³-hybridized carbons (Fsp3) is 0.333.